The molecule has 2 aromatic rings. The van der Waals surface area contributed by atoms with Gasteiger partial charge in [-0.2, -0.15) is 0 Å². The average Bonchev–Trinajstić information content (AvgIpc) is 2.82. The van der Waals surface area contributed by atoms with Gasteiger partial charge >= 0.3 is 0 Å². The second kappa shape index (κ2) is 8.71. The molecule has 0 heteroatoms. The maximum atomic E-state index is 4.32. The van der Waals surface area contributed by atoms with Crippen molar-refractivity contribution < 1.29 is 0 Å². The largest absolute Gasteiger partial charge is 0.102 e. The highest BCUT2D eigenvalue weighted by molar-refractivity contribution is 5.94. The van der Waals surface area contributed by atoms with E-state index in [-0.39, 0.29) is 0 Å². The van der Waals surface area contributed by atoms with Crippen molar-refractivity contribution in [3.05, 3.63) is 134 Å². The van der Waals surface area contributed by atoms with Gasteiger partial charge in [-0.25, -0.2) is 0 Å². The van der Waals surface area contributed by atoms with Crippen LogP contribution in [0.3, 0.4) is 0 Å². The molecule has 0 aromatic heterocycles. The minimum absolute atomic E-state index is 0.562. The number of rotatable bonds is 8. The van der Waals surface area contributed by atoms with Crippen molar-refractivity contribution in [1.82, 2.24) is 0 Å². The predicted molar refractivity (Wildman–Crippen MR) is 133 cm³/mol. The lowest BCUT2D eigenvalue weighted by atomic mass is 9.49. The third-order valence-corrected chi connectivity index (χ3v) is 6.60. The van der Waals surface area contributed by atoms with E-state index in [9.17, 15) is 0 Å². The highest BCUT2D eigenvalue weighted by Crippen LogP contribution is 2.64. The van der Waals surface area contributed by atoms with Crippen LogP contribution in [-0.2, 0) is 0 Å². The molecule has 3 rings (SSSR count). The van der Waals surface area contributed by atoms with Crippen molar-refractivity contribution >= 4 is 11.1 Å². The van der Waals surface area contributed by atoms with Crippen LogP contribution in [0, 0.1) is 10.8 Å². The maximum absolute atomic E-state index is 4.32. The first kappa shape index (κ1) is 21.6. The van der Waals surface area contributed by atoms with E-state index in [0.717, 1.165) is 12.8 Å². The molecule has 1 aliphatic rings. The van der Waals surface area contributed by atoms with Crippen LogP contribution in [0.5, 0.6) is 0 Å². The molecule has 0 N–H and O–H groups in total. The summed E-state index contributed by atoms with van der Waals surface area (Å²) in [5, 5.41) is 0. The quantitative estimate of drug-likeness (QED) is 0.395. The topological polar surface area (TPSA) is 0 Å². The van der Waals surface area contributed by atoms with Crippen LogP contribution in [0.2, 0.25) is 0 Å². The summed E-state index contributed by atoms with van der Waals surface area (Å²) in [6.45, 7) is 21.8. The van der Waals surface area contributed by atoms with Gasteiger partial charge in [0.1, 0.15) is 0 Å². The molecule has 0 amide bonds. The zero-order valence-electron chi connectivity index (χ0n) is 18.3. The minimum atomic E-state index is -0.562. The van der Waals surface area contributed by atoms with Gasteiger partial charge in [-0.15, -0.1) is 26.3 Å². The maximum Gasteiger partial charge on any atom is 0.0482 e. The number of hydrogen-bond donors (Lipinski definition) is 0. The summed E-state index contributed by atoms with van der Waals surface area (Å²) < 4.78 is 0. The zero-order valence-corrected chi connectivity index (χ0v) is 18.3. The van der Waals surface area contributed by atoms with Crippen molar-refractivity contribution in [1.29, 1.82) is 0 Å². The van der Waals surface area contributed by atoms with E-state index in [2.05, 4.69) is 101 Å². The van der Waals surface area contributed by atoms with E-state index >= 15 is 0 Å². The third-order valence-electron chi connectivity index (χ3n) is 6.60. The molecule has 0 saturated carbocycles. The monoisotopic (exact) mass is 392 g/mol. The number of allylic oxidation sites excluding steroid dienone is 8. The average molecular weight is 393 g/mol. The molecule has 0 bridgehead atoms. The summed E-state index contributed by atoms with van der Waals surface area (Å²) in [5.74, 6) is 0. The minimum Gasteiger partial charge on any atom is -0.102 e. The fourth-order valence-electron chi connectivity index (χ4n) is 5.28. The van der Waals surface area contributed by atoms with Crippen molar-refractivity contribution in [2.24, 2.45) is 10.8 Å². The Hall–Kier alpha value is -3.12. The molecule has 0 nitrogen and oxygen atoms in total. The molecule has 1 aliphatic carbocycles. The zero-order chi connectivity index (χ0) is 21.8. The van der Waals surface area contributed by atoms with Gasteiger partial charge in [0.15, 0.2) is 0 Å². The van der Waals surface area contributed by atoms with Crippen molar-refractivity contribution in [3.8, 4) is 0 Å². The predicted octanol–water partition coefficient (Wildman–Crippen LogP) is 8.44. The molecule has 0 spiro atoms. The molecule has 0 heterocycles. The standard InChI is InChI=1S/C30H32/c1-7-25-26(8-2)28(24-21-17-14-18-22-24)30(11-5,12-6)29(9-3,10-4)27(25)23-19-15-13-16-20-23/h9-22H,3-8H2,1-2H3. The van der Waals surface area contributed by atoms with Gasteiger partial charge in [0.25, 0.3) is 0 Å². The van der Waals surface area contributed by atoms with Gasteiger partial charge < -0.3 is 0 Å². The first-order valence-electron chi connectivity index (χ1n) is 10.7. The smallest absolute Gasteiger partial charge is 0.0482 e. The molecule has 152 valence electrons. The second-order valence-electron chi connectivity index (χ2n) is 7.70. The first-order chi connectivity index (χ1) is 14.6. The van der Waals surface area contributed by atoms with Gasteiger partial charge in [-0.3, -0.25) is 0 Å². The van der Waals surface area contributed by atoms with Crippen LogP contribution in [0.25, 0.3) is 11.1 Å². The molecule has 0 aliphatic heterocycles. The van der Waals surface area contributed by atoms with E-state index < -0.39 is 10.8 Å². The number of benzene rings is 2. The Bertz CT molecular complexity index is 911. The lowest BCUT2D eigenvalue weighted by molar-refractivity contribution is 0.431. The van der Waals surface area contributed by atoms with Crippen LogP contribution in [0.15, 0.2) is 122 Å². The Balaban J connectivity index is 2.61. The highest BCUT2D eigenvalue weighted by atomic mass is 14.5. The van der Waals surface area contributed by atoms with Crippen molar-refractivity contribution in [2.75, 3.05) is 0 Å². The van der Waals surface area contributed by atoms with Gasteiger partial charge in [-0.1, -0.05) is 98.8 Å². The fraction of sp³-hybridized carbons (Fsp3) is 0.200. The summed E-state index contributed by atoms with van der Waals surface area (Å²) in [6, 6.07) is 21.2. The molecule has 2 aromatic carbocycles. The van der Waals surface area contributed by atoms with Crippen LogP contribution in [0.4, 0.5) is 0 Å². The molecule has 0 radical (unpaired) electrons. The van der Waals surface area contributed by atoms with Crippen LogP contribution < -0.4 is 0 Å². The van der Waals surface area contributed by atoms with Gasteiger partial charge in [0, 0.05) is 10.8 Å². The highest BCUT2D eigenvalue weighted by Gasteiger charge is 2.53. The fourth-order valence-corrected chi connectivity index (χ4v) is 5.28. The molecule has 0 atom stereocenters. The van der Waals surface area contributed by atoms with Crippen molar-refractivity contribution in [3.63, 3.8) is 0 Å². The molecular weight excluding hydrogens is 360 g/mol. The second-order valence-corrected chi connectivity index (χ2v) is 7.70. The summed E-state index contributed by atoms with van der Waals surface area (Å²) in [4.78, 5) is 0. The first-order valence-corrected chi connectivity index (χ1v) is 10.7. The molecule has 0 unspecified atom stereocenters. The van der Waals surface area contributed by atoms with Gasteiger partial charge in [0.05, 0.1) is 0 Å². The number of hydrogen-bond acceptors (Lipinski definition) is 0. The van der Waals surface area contributed by atoms with Crippen molar-refractivity contribution in [2.45, 2.75) is 26.7 Å². The van der Waals surface area contributed by atoms with E-state index in [1.54, 1.807) is 0 Å². The van der Waals surface area contributed by atoms with E-state index in [1.165, 1.54) is 33.4 Å². The van der Waals surface area contributed by atoms with Crippen LogP contribution >= 0.6 is 0 Å². The lowest BCUT2D eigenvalue weighted by Gasteiger charge is -2.52. The van der Waals surface area contributed by atoms with Crippen LogP contribution in [-0.4, -0.2) is 0 Å². The Morgan fingerprint density at radius 3 is 1.10 bits per heavy atom. The summed E-state index contributed by atoms with van der Waals surface area (Å²) >= 11 is 0. The van der Waals surface area contributed by atoms with E-state index in [4.69, 9.17) is 0 Å². The normalized spacial score (nSPS) is 17.4. The Morgan fingerprint density at radius 1 is 0.567 bits per heavy atom. The molecule has 30 heavy (non-hydrogen) atoms. The molecule has 0 saturated heterocycles. The molecule has 0 fully saturated rings. The Kier molecular flexibility index (Phi) is 6.27. The summed E-state index contributed by atoms with van der Waals surface area (Å²) in [5.41, 5.74) is 6.50. The summed E-state index contributed by atoms with van der Waals surface area (Å²) in [6.07, 6.45) is 10.0. The molecular formula is C30H32. The summed E-state index contributed by atoms with van der Waals surface area (Å²) in [7, 11) is 0. The van der Waals surface area contributed by atoms with Gasteiger partial charge in [0.2, 0.25) is 0 Å². The SMILES string of the molecule is C=CC1(C=C)C(c2ccccc2)=C(CC)C(CC)=C(c2ccccc2)C1(C=C)C=C. The Morgan fingerprint density at radius 2 is 0.867 bits per heavy atom. The third kappa shape index (κ3) is 2.91. The van der Waals surface area contributed by atoms with E-state index in [0.29, 0.717) is 0 Å². The van der Waals surface area contributed by atoms with E-state index in [1.807, 2.05) is 24.3 Å². The van der Waals surface area contributed by atoms with Crippen LogP contribution in [0.1, 0.15) is 37.8 Å². The Labute approximate surface area is 182 Å². The lowest BCUT2D eigenvalue weighted by Crippen LogP contribution is -2.42. The van der Waals surface area contributed by atoms with Gasteiger partial charge in [-0.05, 0) is 46.3 Å².